The molecule has 3 aliphatic carbocycles. The van der Waals surface area contributed by atoms with Gasteiger partial charge in [-0.05, 0) is 92.7 Å². The van der Waals surface area contributed by atoms with Crippen LogP contribution in [0.1, 0.15) is 68.1 Å². The molecule has 1 aliphatic heterocycles. The highest BCUT2D eigenvalue weighted by Crippen LogP contribution is 2.69. The Morgan fingerprint density at radius 2 is 2.06 bits per heavy atom. The molecule has 5 atom stereocenters. The summed E-state index contributed by atoms with van der Waals surface area (Å²) in [6.45, 7) is 4.39. The van der Waals surface area contributed by atoms with Crippen molar-refractivity contribution in [3.63, 3.8) is 0 Å². The van der Waals surface area contributed by atoms with E-state index in [4.69, 9.17) is 4.99 Å². The second kappa shape index (κ2) is 8.34. The molecule has 0 amide bonds. The summed E-state index contributed by atoms with van der Waals surface area (Å²) in [6, 6.07) is 6.56. The molecule has 3 nitrogen and oxygen atoms in total. The lowest BCUT2D eigenvalue weighted by atomic mass is 9.58. The molecule has 3 fully saturated rings. The number of hydrogen-bond donors (Lipinski definition) is 1. The number of nitrogens with zero attached hydrogens (tertiary/aromatic N) is 1. The van der Waals surface area contributed by atoms with Crippen LogP contribution in [0.15, 0.2) is 41.0 Å². The zero-order chi connectivity index (χ0) is 22.5. The molecule has 1 aromatic carbocycles. The summed E-state index contributed by atoms with van der Waals surface area (Å²) in [5.74, 6) is 0.458. The Balaban J connectivity index is 1.66. The molecule has 5 unspecified atom stereocenters. The third-order valence-electron chi connectivity index (χ3n) is 8.80. The zero-order valence-electron chi connectivity index (χ0n) is 19.2. The topological polar surface area (TPSA) is 49.7 Å². The number of hydrogen-bond acceptors (Lipinski definition) is 2. The van der Waals surface area contributed by atoms with Crippen LogP contribution in [0.4, 0.5) is 0 Å². The summed E-state index contributed by atoms with van der Waals surface area (Å²) < 4.78 is 4.74. The number of carbonyl (C=O) groups is 1. The molecule has 3 bridgehead atoms. The molecular weight excluding hydrogens is 509 g/mol. The molecule has 0 aromatic heterocycles. The smallest absolute Gasteiger partial charge is 0.309 e. The van der Waals surface area contributed by atoms with Crippen molar-refractivity contribution in [1.29, 1.82) is 0 Å². The van der Waals surface area contributed by atoms with E-state index in [0.29, 0.717) is 15.8 Å². The Morgan fingerprint density at radius 1 is 1.22 bits per heavy atom. The van der Waals surface area contributed by atoms with E-state index < -0.39 is 11.4 Å². The first-order valence-electron chi connectivity index (χ1n) is 12.0. The lowest BCUT2D eigenvalue weighted by Crippen LogP contribution is -2.40. The minimum absolute atomic E-state index is 0.00756. The molecule has 5 rings (SSSR count). The van der Waals surface area contributed by atoms with Crippen molar-refractivity contribution in [3.8, 4) is 0 Å². The van der Waals surface area contributed by atoms with Crippen LogP contribution in [0.3, 0.4) is 0 Å². The Morgan fingerprint density at radius 3 is 2.84 bits per heavy atom. The van der Waals surface area contributed by atoms with Crippen molar-refractivity contribution < 1.29 is 9.90 Å². The molecule has 3 saturated carbocycles. The van der Waals surface area contributed by atoms with Crippen molar-refractivity contribution in [2.24, 2.45) is 27.7 Å². The molecule has 0 spiro atoms. The van der Waals surface area contributed by atoms with E-state index in [9.17, 15) is 9.90 Å². The number of allylic oxidation sites excluding steroid dienone is 3. The van der Waals surface area contributed by atoms with E-state index in [-0.39, 0.29) is 26.1 Å². The minimum Gasteiger partial charge on any atom is -0.481 e. The number of rotatable bonds is 5. The van der Waals surface area contributed by atoms with Gasteiger partial charge in [0.05, 0.1) is 11.1 Å². The highest BCUT2D eigenvalue weighted by Gasteiger charge is 2.63. The number of fused-ring (bicyclic) bond motifs is 2. The monoisotopic (exact) mass is 543 g/mol. The Labute approximate surface area is 201 Å². The summed E-state index contributed by atoms with van der Waals surface area (Å²) >= 11 is -0.0978. The Kier molecular flexibility index (Phi) is 5.80. The number of benzene rings is 1. The summed E-state index contributed by atoms with van der Waals surface area (Å²) in [7, 11) is 0. The fourth-order valence-corrected chi connectivity index (χ4v) is 8.36. The van der Waals surface area contributed by atoms with Gasteiger partial charge in [0.2, 0.25) is 0 Å². The fraction of sp³-hybridized carbons (Fsp3) is 0.536. The van der Waals surface area contributed by atoms with Crippen LogP contribution in [0.2, 0.25) is 0 Å². The summed E-state index contributed by atoms with van der Waals surface area (Å²) in [5, 5.41) is 10.2. The predicted octanol–water partition coefficient (Wildman–Crippen LogP) is 6.88. The van der Waals surface area contributed by atoms with Gasteiger partial charge >= 0.3 is 5.97 Å². The third kappa shape index (κ3) is 3.66. The highest BCUT2D eigenvalue weighted by atomic mass is 127. The van der Waals surface area contributed by atoms with Crippen LogP contribution in [0, 0.1) is 36.5 Å². The van der Waals surface area contributed by atoms with Gasteiger partial charge in [-0.1, -0.05) is 41.3 Å². The summed E-state index contributed by atoms with van der Waals surface area (Å²) in [5.41, 5.74) is 5.66. The van der Waals surface area contributed by atoms with Crippen LogP contribution >= 0.6 is 20.7 Å². The van der Waals surface area contributed by atoms with E-state index in [1.54, 1.807) is 0 Å². The van der Waals surface area contributed by atoms with Crippen LogP contribution in [0.25, 0.3) is 5.57 Å². The fourth-order valence-electron chi connectivity index (χ4n) is 7.17. The van der Waals surface area contributed by atoms with Crippen LogP contribution in [-0.4, -0.2) is 25.7 Å². The molecule has 170 valence electrons. The SMILES string of the molecule is C=IC1C=NC(/C(=C\C23CC4CCC2CC(C(=O)O)(C4)C3)c2cccc(C)c2C)=CCC1. The molecule has 4 heteroatoms. The van der Waals surface area contributed by atoms with Crippen molar-refractivity contribution in [2.45, 2.75) is 69.1 Å². The van der Waals surface area contributed by atoms with Gasteiger partial charge in [0.25, 0.3) is 0 Å². The van der Waals surface area contributed by atoms with E-state index in [0.717, 1.165) is 44.2 Å². The van der Waals surface area contributed by atoms with Gasteiger partial charge < -0.3 is 5.11 Å². The lowest BCUT2D eigenvalue weighted by Gasteiger charge is -2.46. The van der Waals surface area contributed by atoms with E-state index in [1.807, 2.05) is 0 Å². The second-order valence-corrected chi connectivity index (χ2v) is 13.1. The van der Waals surface area contributed by atoms with Gasteiger partial charge in [-0.25, -0.2) is 0 Å². The number of aryl methyl sites for hydroxylation is 1. The molecule has 4 aliphatic rings. The maximum atomic E-state index is 12.4. The maximum Gasteiger partial charge on any atom is 0.309 e. The summed E-state index contributed by atoms with van der Waals surface area (Å²) in [4.78, 5) is 17.4. The standard InChI is InChI=1S/C28H34INO2/c1-18-6-4-8-23(19(18)2)24(25-9-5-7-22(29-3)16-30-25)15-27-12-20-10-11-21(27)14-28(13-20,17-27)26(31)32/h4,6,8-9,15-16,20-22H,3,5,7,10-14,17H2,1-2H3,(H,31,32)/b24-15-. The van der Waals surface area contributed by atoms with Gasteiger partial charge in [0.15, 0.2) is 0 Å². The van der Waals surface area contributed by atoms with Gasteiger partial charge in [-0.15, -0.1) is 20.7 Å². The van der Waals surface area contributed by atoms with E-state index >= 15 is 0 Å². The molecule has 32 heavy (non-hydrogen) atoms. The number of halogens is 1. The first kappa shape index (κ1) is 22.2. The molecule has 0 radical (unpaired) electrons. The molecule has 0 saturated heterocycles. The average molecular weight is 543 g/mol. The van der Waals surface area contributed by atoms with Crippen LogP contribution < -0.4 is 0 Å². The van der Waals surface area contributed by atoms with Gasteiger partial charge in [0, 0.05) is 15.7 Å². The molecular formula is C28H34INO2. The number of alkyl halides is 1. The second-order valence-electron chi connectivity index (χ2n) is 10.7. The Bertz CT molecular complexity index is 1050. The largest absolute Gasteiger partial charge is 0.481 e. The van der Waals surface area contributed by atoms with Crippen molar-refractivity contribution in [1.82, 2.24) is 0 Å². The first-order valence-corrected chi connectivity index (χ1v) is 14.8. The number of aliphatic carboxylic acids is 1. The number of carboxylic acid groups (broad SMARTS) is 1. The quantitative estimate of drug-likeness (QED) is 0.325. The van der Waals surface area contributed by atoms with Crippen molar-refractivity contribution in [3.05, 3.63) is 52.7 Å². The lowest BCUT2D eigenvalue weighted by molar-refractivity contribution is -0.151. The van der Waals surface area contributed by atoms with Crippen molar-refractivity contribution in [2.75, 3.05) is 0 Å². The molecule has 1 N–H and O–H groups in total. The highest BCUT2D eigenvalue weighted by molar-refractivity contribution is 14.2. The van der Waals surface area contributed by atoms with Crippen molar-refractivity contribution >= 4 is 43.0 Å². The normalized spacial score (nSPS) is 36.1. The van der Waals surface area contributed by atoms with Gasteiger partial charge in [-0.3, -0.25) is 9.79 Å². The van der Waals surface area contributed by atoms with Crippen LogP contribution in [-0.2, 0) is 4.79 Å². The van der Waals surface area contributed by atoms with E-state index in [1.165, 1.54) is 35.1 Å². The van der Waals surface area contributed by atoms with Gasteiger partial charge in [-0.2, -0.15) is 0 Å². The Hall–Kier alpha value is -1.56. The van der Waals surface area contributed by atoms with Crippen LogP contribution in [0.5, 0.6) is 0 Å². The minimum atomic E-state index is -0.563. The van der Waals surface area contributed by atoms with Gasteiger partial charge in [0.1, 0.15) is 0 Å². The molecule has 1 aromatic rings. The average Bonchev–Trinajstić information content (AvgIpc) is 2.95. The maximum absolute atomic E-state index is 12.4. The zero-order valence-corrected chi connectivity index (χ0v) is 21.4. The number of aliphatic imine (C=N–C) groups is 1. The van der Waals surface area contributed by atoms with E-state index in [2.05, 4.69) is 54.9 Å². The first-order chi connectivity index (χ1) is 15.4. The number of carboxylic acids is 1. The predicted molar refractivity (Wildman–Crippen MR) is 142 cm³/mol. The third-order valence-corrected chi connectivity index (χ3v) is 10.9. The summed E-state index contributed by atoms with van der Waals surface area (Å²) in [6.07, 6.45) is 15.2. The molecule has 1 heterocycles.